The molecule has 34 heavy (non-hydrogen) atoms. The van der Waals surface area contributed by atoms with Gasteiger partial charge in [0, 0.05) is 41.5 Å². The molecule has 1 aliphatic heterocycles. The summed E-state index contributed by atoms with van der Waals surface area (Å²) in [4.78, 5) is 11.6. The van der Waals surface area contributed by atoms with Crippen LogP contribution in [0.1, 0.15) is 18.4 Å². The number of hydrogen-bond acceptors (Lipinski definition) is 6. The second kappa shape index (κ2) is 11.0. The van der Waals surface area contributed by atoms with Crippen LogP contribution in [0.3, 0.4) is 0 Å². The summed E-state index contributed by atoms with van der Waals surface area (Å²) in [7, 11) is 0.954. The predicted molar refractivity (Wildman–Crippen MR) is 140 cm³/mol. The molecule has 0 radical (unpaired) electrons. The van der Waals surface area contributed by atoms with Crippen LogP contribution in [0.15, 0.2) is 36.7 Å². The molecule has 1 aromatic carbocycles. The Morgan fingerprint density at radius 1 is 1.15 bits per heavy atom. The van der Waals surface area contributed by atoms with E-state index < -0.39 is 8.07 Å². The summed E-state index contributed by atoms with van der Waals surface area (Å²) in [6, 6.07) is 11.3. The van der Waals surface area contributed by atoms with Gasteiger partial charge < -0.3 is 24.0 Å². The normalized spacial score (nSPS) is 15.2. The fourth-order valence-corrected chi connectivity index (χ4v) is 5.20. The maximum atomic E-state index is 9.46. The van der Waals surface area contributed by atoms with Crippen LogP contribution >= 0.6 is 0 Å². The molecule has 4 rings (SSSR count). The molecule has 1 N–H and O–H groups in total. The Hall–Kier alpha value is -2.26. The quantitative estimate of drug-likeness (QED) is 0.332. The highest BCUT2D eigenvalue weighted by Crippen LogP contribution is 2.32. The number of hydrogen-bond donors (Lipinski definition) is 1. The van der Waals surface area contributed by atoms with Gasteiger partial charge in [-0.3, -0.25) is 0 Å². The zero-order chi connectivity index (χ0) is 24.1. The third-order valence-corrected chi connectivity index (χ3v) is 8.26. The van der Waals surface area contributed by atoms with E-state index in [9.17, 15) is 5.11 Å². The van der Waals surface area contributed by atoms with Gasteiger partial charge in [-0.2, -0.15) is 0 Å². The molecular weight excluding hydrogens is 444 g/mol. The van der Waals surface area contributed by atoms with Gasteiger partial charge in [-0.05, 0) is 42.0 Å². The van der Waals surface area contributed by atoms with Crippen molar-refractivity contribution >= 4 is 24.9 Å². The number of fused-ring (bicyclic) bond motifs is 1. The molecular formula is C26H38N4O3Si. The van der Waals surface area contributed by atoms with Crippen molar-refractivity contribution < 1.29 is 14.6 Å². The Kier molecular flexibility index (Phi) is 8.03. The molecule has 1 fully saturated rings. The lowest BCUT2D eigenvalue weighted by molar-refractivity contribution is 0.0685. The zero-order valence-electron chi connectivity index (χ0n) is 21.0. The van der Waals surface area contributed by atoms with Crippen molar-refractivity contribution in [3.8, 4) is 11.3 Å². The number of aromatic nitrogens is 3. The van der Waals surface area contributed by atoms with Gasteiger partial charge in [0.2, 0.25) is 0 Å². The topological polar surface area (TPSA) is 72.6 Å². The summed E-state index contributed by atoms with van der Waals surface area (Å²) in [5.74, 6) is 1.56. The minimum absolute atomic E-state index is 0.0374. The summed E-state index contributed by atoms with van der Waals surface area (Å²) in [5, 5.41) is 10.5. The first kappa shape index (κ1) is 24.8. The molecule has 184 valence electrons. The molecule has 0 amide bonds. The predicted octanol–water partition coefficient (Wildman–Crippen LogP) is 4.77. The van der Waals surface area contributed by atoms with Gasteiger partial charge in [0.1, 0.15) is 24.5 Å². The monoisotopic (exact) mass is 482 g/mol. The maximum absolute atomic E-state index is 9.46. The van der Waals surface area contributed by atoms with Crippen LogP contribution in [0.4, 0.5) is 5.82 Å². The van der Waals surface area contributed by atoms with Crippen LogP contribution < -0.4 is 4.90 Å². The first-order valence-corrected chi connectivity index (χ1v) is 16.0. The first-order chi connectivity index (χ1) is 16.4. The fourth-order valence-electron chi connectivity index (χ4n) is 4.44. The fraction of sp³-hybridized carbons (Fsp3) is 0.538. The molecule has 0 saturated carbocycles. The molecule has 8 heteroatoms. The molecule has 0 unspecified atom stereocenters. The standard InChI is InChI=1S/C26H38N4O3Si/c1-29(16-20-9-11-32-12-10-20)25-23-15-24(22-7-5-21(17-31)6-8-22)30(26(23)28-18-27-25)19-33-13-14-34(2,3)4/h5-8,15,18,20,31H,9-14,16-17,19H2,1-4H3. The van der Waals surface area contributed by atoms with Gasteiger partial charge in [-0.15, -0.1) is 0 Å². The lowest BCUT2D eigenvalue weighted by atomic mass is 10.00. The van der Waals surface area contributed by atoms with Crippen molar-refractivity contribution in [2.75, 3.05) is 38.3 Å². The average molecular weight is 483 g/mol. The van der Waals surface area contributed by atoms with Gasteiger partial charge in [0.25, 0.3) is 0 Å². The SMILES string of the molecule is CN(CC1CCOCC1)c1ncnc2c1cc(-c1ccc(CO)cc1)n2COCC[Si](C)(C)C. The van der Waals surface area contributed by atoms with E-state index in [4.69, 9.17) is 9.47 Å². The average Bonchev–Trinajstić information content (AvgIpc) is 3.20. The smallest absolute Gasteiger partial charge is 0.147 e. The number of rotatable bonds is 10. The third kappa shape index (κ3) is 6.04. The highest BCUT2D eigenvalue weighted by molar-refractivity contribution is 6.76. The van der Waals surface area contributed by atoms with Crippen LogP contribution in [0.5, 0.6) is 0 Å². The molecule has 3 heterocycles. The maximum Gasteiger partial charge on any atom is 0.147 e. The number of benzene rings is 1. The third-order valence-electron chi connectivity index (χ3n) is 6.55. The molecule has 0 atom stereocenters. The van der Waals surface area contributed by atoms with Gasteiger partial charge in [0.15, 0.2) is 0 Å². The minimum atomic E-state index is -1.17. The van der Waals surface area contributed by atoms with Crippen molar-refractivity contribution in [1.82, 2.24) is 14.5 Å². The van der Waals surface area contributed by atoms with Crippen molar-refractivity contribution in [3.63, 3.8) is 0 Å². The highest BCUT2D eigenvalue weighted by Gasteiger charge is 2.21. The van der Waals surface area contributed by atoms with E-state index in [1.165, 1.54) is 0 Å². The second-order valence-corrected chi connectivity index (χ2v) is 16.2. The second-order valence-electron chi connectivity index (χ2n) is 10.5. The summed E-state index contributed by atoms with van der Waals surface area (Å²) >= 11 is 0. The van der Waals surface area contributed by atoms with Crippen molar-refractivity contribution in [3.05, 3.63) is 42.2 Å². The molecule has 3 aromatic rings. The summed E-state index contributed by atoms with van der Waals surface area (Å²) < 4.78 is 13.8. The van der Waals surface area contributed by atoms with Crippen molar-refractivity contribution in [2.24, 2.45) is 5.92 Å². The molecule has 7 nitrogen and oxygen atoms in total. The van der Waals surface area contributed by atoms with Crippen LogP contribution in [0, 0.1) is 5.92 Å². The van der Waals surface area contributed by atoms with Crippen LogP contribution in [-0.2, 0) is 22.8 Å². The van der Waals surface area contributed by atoms with Gasteiger partial charge in [-0.25, -0.2) is 9.97 Å². The van der Waals surface area contributed by atoms with Crippen molar-refractivity contribution in [1.29, 1.82) is 0 Å². The largest absolute Gasteiger partial charge is 0.392 e. The van der Waals surface area contributed by atoms with E-state index in [1.807, 2.05) is 12.1 Å². The molecule has 0 aliphatic carbocycles. The van der Waals surface area contributed by atoms with Crippen LogP contribution in [0.2, 0.25) is 25.7 Å². The van der Waals surface area contributed by atoms with Gasteiger partial charge >= 0.3 is 0 Å². The minimum Gasteiger partial charge on any atom is -0.392 e. The molecule has 0 bridgehead atoms. The van der Waals surface area contributed by atoms with Crippen molar-refractivity contribution in [2.45, 2.75) is 51.9 Å². The zero-order valence-corrected chi connectivity index (χ0v) is 22.0. The van der Waals surface area contributed by atoms with Crippen LogP contribution in [0.25, 0.3) is 22.3 Å². The van der Waals surface area contributed by atoms with E-state index in [0.29, 0.717) is 12.6 Å². The molecule has 1 aliphatic rings. The number of nitrogens with zero attached hydrogens (tertiary/aromatic N) is 4. The van der Waals surface area contributed by atoms with E-state index in [-0.39, 0.29) is 6.61 Å². The lowest BCUT2D eigenvalue weighted by Crippen LogP contribution is -2.30. The Morgan fingerprint density at radius 3 is 2.56 bits per heavy atom. The molecule has 2 aromatic heterocycles. The Labute approximate surface area is 203 Å². The Bertz CT molecular complexity index is 1070. The van der Waals surface area contributed by atoms with E-state index in [2.05, 4.69) is 64.3 Å². The molecule has 1 saturated heterocycles. The summed E-state index contributed by atoms with van der Waals surface area (Å²) in [6.45, 7) is 11.0. The lowest BCUT2D eigenvalue weighted by Gasteiger charge is -2.28. The Balaban J connectivity index is 1.66. The molecule has 0 spiro atoms. The van der Waals surface area contributed by atoms with Crippen LogP contribution in [-0.4, -0.2) is 61.1 Å². The van der Waals surface area contributed by atoms with Gasteiger partial charge in [-0.1, -0.05) is 43.9 Å². The van der Waals surface area contributed by atoms with E-state index >= 15 is 0 Å². The van der Waals surface area contributed by atoms with E-state index in [1.54, 1.807) is 6.33 Å². The Morgan fingerprint density at radius 2 is 1.88 bits per heavy atom. The number of anilines is 1. The van der Waals surface area contributed by atoms with E-state index in [0.717, 1.165) is 78.9 Å². The number of aliphatic hydroxyl groups is 1. The first-order valence-electron chi connectivity index (χ1n) is 12.3. The highest BCUT2D eigenvalue weighted by atomic mass is 28.3. The number of ether oxygens (including phenoxy) is 2. The van der Waals surface area contributed by atoms with Gasteiger partial charge in [0.05, 0.1) is 17.7 Å². The summed E-state index contributed by atoms with van der Waals surface area (Å²) in [5.41, 5.74) is 3.91. The summed E-state index contributed by atoms with van der Waals surface area (Å²) in [6.07, 6.45) is 3.84. The number of aliphatic hydroxyl groups excluding tert-OH is 1.